The molecule has 1 aromatic rings. The average Bonchev–Trinajstić information content (AvgIpc) is 3.00. The van der Waals surface area contributed by atoms with Crippen molar-refractivity contribution in [3.63, 3.8) is 0 Å². The molecule has 108 valence electrons. The second-order valence-electron chi connectivity index (χ2n) is 7.29. The Kier molecular flexibility index (Phi) is 2.40. The molecule has 3 aliphatic carbocycles. The van der Waals surface area contributed by atoms with E-state index in [4.69, 9.17) is 4.74 Å². The van der Waals surface area contributed by atoms with Crippen molar-refractivity contribution in [1.82, 2.24) is 15.5 Å². The third-order valence-corrected chi connectivity index (χ3v) is 6.47. The predicted molar refractivity (Wildman–Crippen MR) is 75.5 cm³/mol. The topological polar surface area (TPSA) is 49.9 Å². The normalized spacial score (nSPS) is 40.8. The van der Waals surface area contributed by atoms with Crippen molar-refractivity contribution in [2.75, 3.05) is 6.61 Å². The van der Waals surface area contributed by atoms with E-state index in [0.29, 0.717) is 17.6 Å². The fraction of sp³-hybridized carbons (Fsp3) is 0.812. The van der Waals surface area contributed by atoms with Gasteiger partial charge in [-0.1, -0.05) is 6.42 Å². The number of aromatic amines is 1. The van der Waals surface area contributed by atoms with Crippen molar-refractivity contribution in [3.05, 3.63) is 17.5 Å². The van der Waals surface area contributed by atoms with Crippen LogP contribution in [0.4, 0.5) is 0 Å². The van der Waals surface area contributed by atoms with E-state index >= 15 is 0 Å². The van der Waals surface area contributed by atoms with E-state index in [9.17, 15) is 0 Å². The van der Waals surface area contributed by atoms with E-state index in [2.05, 4.69) is 15.5 Å². The SMILES string of the molecule is c1n[nH]c2c1CCC(NC1C3CCOC3C13CCC3)C2. The zero-order chi connectivity index (χ0) is 13.2. The molecule has 0 bridgehead atoms. The number of nitrogens with one attached hydrogen (secondary N) is 2. The van der Waals surface area contributed by atoms with Crippen LogP contribution in [0.15, 0.2) is 6.20 Å². The molecule has 4 aliphatic rings. The molecule has 3 fully saturated rings. The number of ether oxygens (including phenoxy) is 1. The Morgan fingerprint density at radius 1 is 1.35 bits per heavy atom. The smallest absolute Gasteiger partial charge is 0.0690 e. The van der Waals surface area contributed by atoms with Crippen molar-refractivity contribution < 1.29 is 4.74 Å². The van der Waals surface area contributed by atoms with Gasteiger partial charge in [-0.05, 0) is 37.7 Å². The molecule has 2 heterocycles. The van der Waals surface area contributed by atoms with Crippen molar-refractivity contribution in [3.8, 4) is 0 Å². The van der Waals surface area contributed by atoms with Gasteiger partial charge < -0.3 is 10.1 Å². The van der Waals surface area contributed by atoms with Crippen LogP contribution < -0.4 is 5.32 Å². The van der Waals surface area contributed by atoms with Crippen molar-refractivity contribution in [2.45, 2.75) is 63.1 Å². The van der Waals surface area contributed by atoms with Gasteiger partial charge in [-0.2, -0.15) is 5.10 Å². The number of hydrogen-bond donors (Lipinski definition) is 2. The van der Waals surface area contributed by atoms with E-state index in [1.54, 1.807) is 0 Å². The molecule has 1 saturated heterocycles. The van der Waals surface area contributed by atoms with Crippen LogP contribution in [0.25, 0.3) is 0 Å². The molecule has 2 saturated carbocycles. The lowest BCUT2D eigenvalue weighted by molar-refractivity contribution is -0.178. The first kappa shape index (κ1) is 11.8. The Morgan fingerprint density at radius 3 is 3.15 bits per heavy atom. The van der Waals surface area contributed by atoms with Crippen LogP contribution in [-0.2, 0) is 17.6 Å². The van der Waals surface area contributed by atoms with E-state index in [1.165, 1.54) is 49.8 Å². The first-order valence-corrected chi connectivity index (χ1v) is 8.26. The fourth-order valence-corrected chi connectivity index (χ4v) is 5.30. The molecule has 0 aromatic carbocycles. The highest BCUT2D eigenvalue weighted by Gasteiger charge is 2.66. The Balaban J connectivity index is 1.32. The summed E-state index contributed by atoms with van der Waals surface area (Å²) in [5.74, 6) is 0.790. The van der Waals surface area contributed by atoms with Crippen LogP contribution in [0.3, 0.4) is 0 Å². The molecular weight excluding hydrogens is 250 g/mol. The van der Waals surface area contributed by atoms with Gasteiger partial charge in [0.05, 0.1) is 12.3 Å². The van der Waals surface area contributed by atoms with E-state index in [-0.39, 0.29) is 0 Å². The lowest BCUT2D eigenvalue weighted by atomic mass is 9.46. The molecule has 1 spiro atoms. The number of H-pyrrole nitrogens is 1. The Bertz CT molecular complexity index is 522. The predicted octanol–water partition coefficient (Wildman–Crippen LogP) is 1.81. The number of fused-ring (bicyclic) bond motifs is 3. The minimum Gasteiger partial charge on any atom is -0.377 e. The Labute approximate surface area is 119 Å². The zero-order valence-electron chi connectivity index (χ0n) is 11.9. The van der Waals surface area contributed by atoms with Crippen LogP contribution in [-0.4, -0.2) is 35.0 Å². The summed E-state index contributed by atoms with van der Waals surface area (Å²) in [6.45, 7) is 0.991. The van der Waals surface area contributed by atoms with Gasteiger partial charge in [0.2, 0.25) is 0 Å². The molecule has 5 rings (SSSR count). The van der Waals surface area contributed by atoms with E-state index in [0.717, 1.165) is 25.0 Å². The van der Waals surface area contributed by atoms with Gasteiger partial charge in [0.1, 0.15) is 0 Å². The summed E-state index contributed by atoms with van der Waals surface area (Å²) in [5.41, 5.74) is 3.29. The maximum Gasteiger partial charge on any atom is 0.0690 e. The molecule has 4 atom stereocenters. The minimum atomic E-state index is 0.509. The standard InChI is InChI=1S/C16H23N3O/c1-5-16(6-1)14(12-4-7-20-15(12)16)18-11-3-2-10-9-17-19-13(10)8-11/h9,11-12,14-15,18H,1-8H2,(H,17,19). The summed E-state index contributed by atoms with van der Waals surface area (Å²) in [4.78, 5) is 0. The number of hydrogen-bond acceptors (Lipinski definition) is 3. The molecule has 4 nitrogen and oxygen atoms in total. The van der Waals surface area contributed by atoms with Crippen molar-refractivity contribution in [2.24, 2.45) is 11.3 Å². The fourth-order valence-electron chi connectivity index (χ4n) is 5.30. The minimum absolute atomic E-state index is 0.509. The summed E-state index contributed by atoms with van der Waals surface area (Å²) >= 11 is 0. The molecule has 1 aromatic heterocycles. The first-order chi connectivity index (χ1) is 9.87. The average molecular weight is 273 g/mol. The Morgan fingerprint density at radius 2 is 2.30 bits per heavy atom. The van der Waals surface area contributed by atoms with Crippen LogP contribution in [0, 0.1) is 11.3 Å². The second kappa shape index (κ2) is 4.08. The summed E-state index contributed by atoms with van der Waals surface area (Å²) in [6, 6.07) is 1.35. The number of aryl methyl sites for hydroxylation is 1. The molecular formula is C16H23N3O. The number of nitrogens with zero attached hydrogens (tertiary/aromatic N) is 1. The van der Waals surface area contributed by atoms with Crippen LogP contribution in [0.5, 0.6) is 0 Å². The summed E-state index contributed by atoms with van der Waals surface area (Å²) < 4.78 is 6.02. The van der Waals surface area contributed by atoms with Crippen LogP contribution in [0.1, 0.15) is 43.4 Å². The second-order valence-corrected chi connectivity index (χ2v) is 7.29. The lowest BCUT2D eigenvalue weighted by Gasteiger charge is -2.64. The van der Waals surface area contributed by atoms with Gasteiger partial charge in [0.15, 0.2) is 0 Å². The van der Waals surface area contributed by atoms with Crippen molar-refractivity contribution >= 4 is 0 Å². The quantitative estimate of drug-likeness (QED) is 0.864. The van der Waals surface area contributed by atoms with Gasteiger partial charge in [0.25, 0.3) is 0 Å². The van der Waals surface area contributed by atoms with E-state index < -0.39 is 0 Å². The van der Waals surface area contributed by atoms with E-state index in [1.807, 2.05) is 6.20 Å². The lowest BCUT2D eigenvalue weighted by Crippen LogP contribution is -2.72. The maximum atomic E-state index is 6.02. The van der Waals surface area contributed by atoms with Gasteiger partial charge in [-0.25, -0.2) is 0 Å². The molecule has 4 heteroatoms. The highest BCUT2D eigenvalue weighted by atomic mass is 16.5. The number of rotatable bonds is 2. The van der Waals surface area contributed by atoms with Gasteiger partial charge >= 0.3 is 0 Å². The third kappa shape index (κ3) is 1.41. The first-order valence-electron chi connectivity index (χ1n) is 8.26. The van der Waals surface area contributed by atoms with Gasteiger partial charge in [-0.15, -0.1) is 0 Å². The maximum absolute atomic E-state index is 6.02. The van der Waals surface area contributed by atoms with Crippen molar-refractivity contribution in [1.29, 1.82) is 0 Å². The molecule has 1 aliphatic heterocycles. The van der Waals surface area contributed by atoms with Gasteiger partial charge in [0, 0.05) is 42.1 Å². The highest BCUT2D eigenvalue weighted by molar-refractivity contribution is 5.23. The molecule has 20 heavy (non-hydrogen) atoms. The third-order valence-electron chi connectivity index (χ3n) is 6.47. The number of aromatic nitrogens is 2. The summed E-state index contributed by atoms with van der Waals surface area (Å²) in [7, 11) is 0. The summed E-state index contributed by atoms with van der Waals surface area (Å²) in [5, 5.41) is 11.4. The zero-order valence-corrected chi connectivity index (χ0v) is 11.9. The van der Waals surface area contributed by atoms with Gasteiger partial charge in [-0.3, -0.25) is 5.10 Å². The molecule has 0 amide bonds. The molecule has 2 N–H and O–H groups in total. The monoisotopic (exact) mass is 273 g/mol. The van der Waals surface area contributed by atoms with Crippen LogP contribution >= 0.6 is 0 Å². The van der Waals surface area contributed by atoms with Crippen LogP contribution in [0.2, 0.25) is 0 Å². The highest BCUT2D eigenvalue weighted by Crippen LogP contribution is 2.62. The molecule has 4 unspecified atom stereocenters. The summed E-state index contributed by atoms with van der Waals surface area (Å²) in [6.07, 6.45) is 11.6. The largest absolute Gasteiger partial charge is 0.377 e. The Hall–Kier alpha value is -0.870. The molecule has 0 radical (unpaired) electrons.